The highest BCUT2D eigenvalue weighted by atomic mass is 16.5. The first kappa shape index (κ1) is 6.75. The number of carbonyl (C=O) groups excluding carboxylic acids is 1. The smallest absolute Gasteiger partial charge is 0.138 e. The lowest BCUT2D eigenvalue weighted by molar-refractivity contribution is -0.125. The largest absolute Gasteiger partial charge is 0.380 e. The number of hydrogen-bond donors (Lipinski definition) is 0. The quantitative estimate of drug-likeness (QED) is 0.526. The van der Waals surface area contributed by atoms with E-state index in [9.17, 15) is 4.79 Å². The van der Waals surface area contributed by atoms with Gasteiger partial charge < -0.3 is 4.74 Å². The van der Waals surface area contributed by atoms with Crippen molar-refractivity contribution in [3.63, 3.8) is 0 Å². The molecule has 0 aromatic rings. The molecule has 1 rings (SSSR count). The molecule has 0 aromatic carbocycles. The molecule has 0 amide bonds. The van der Waals surface area contributed by atoms with Gasteiger partial charge in [0.25, 0.3) is 0 Å². The first-order valence-electron chi connectivity index (χ1n) is 3.24. The van der Waals surface area contributed by atoms with Gasteiger partial charge in [-0.1, -0.05) is 6.92 Å². The Morgan fingerprint density at radius 1 is 1.67 bits per heavy atom. The maximum atomic E-state index is 10.9. The molecule has 1 heterocycles. The van der Waals surface area contributed by atoms with Crippen molar-refractivity contribution < 1.29 is 9.53 Å². The Morgan fingerprint density at radius 3 is 2.56 bits per heavy atom. The van der Waals surface area contributed by atoms with E-state index in [1.807, 2.05) is 6.92 Å². The fraction of sp³-hybridized carbons (Fsp3) is 0.857. The predicted molar refractivity (Wildman–Crippen MR) is 34.2 cm³/mol. The van der Waals surface area contributed by atoms with Gasteiger partial charge in [-0.3, -0.25) is 4.79 Å². The molecule has 1 aliphatic rings. The Balaban J connectivity index is 2.61. The normalized spacial score (nSPS) is 34.9. The van der Waals surface area contributed by atoms with Gasteiger partial charge in [-0.25, -0.2) is 0 Å². The molecule has 1 fully saturated rings. The second kappa shape index (κ2) is 2.10. The summed E-state index contributed by atoms with van der Waals surface area (Å²) in [5, 5.41) is 0. The van der Waals surface area contributed by atoms with Crippen molar-refractivity contribution in [2.24, 2.45) is 5.41 Å². The van der Waals surface area contributed by atoms with Gasteiger partial charge >= 0.3 is 0 Å². The molecule has 1 unspecified atom stereocenters. The van der Waals surface area contributed by atoms with Gasteiger partial charge in [0, 0.05) is 6.61 Å². The van der Waals surface area contributed by atoms with Crippen molar-refractivity contribution >= 4 is 5.78 Å². The Morgan fingerprint density at radius 2 is 2.33 bits per heavy atom. The highest BCUT2D eigenvalue weighted by Crippen LogP contribution is 2.28. The zero-order chi connectivity index (χ0) is 6.91. The zero-order valence-corrected chi connectivity index (χ0v) is 5.94. The summed E-state index contributed by atoms with van der Waals surface area (Å²) in [6.07, 6.45) is 0.891. The van der Waals surface area contributed by atoms with Crippen LogP contribution < -0.4 is 0 Å². The van der Waals surface area contributed by atoms with E-state index in [2.05, 4.69) is 0 Å². The molecular weight excluding hydrogens is 116 g/mol. The van der Waals surface area contributed by atoms with Crippen LogP contribution in [0.4, 0.5) is 0 Å². The molecule has 0 aliphatic carbocycles. The third-order valence-electron chi connectivity index (χ3n) is 2.07. The summed E-state index contributed by atoms with van der Waals surface area (Å²) < 4.78 is 5.10. The van der Waals surface area contributed by atoms with Crippen LogP contribution in [0.5, 0.6) is 0 Å². The van der Waals surface area contributed by atoms with Gasteiger partial charge in [-0.2, -0.15) is 0 Å². The summed E-state index contributed by atoms with van der Waals surface area (Å²) in [4.78, 5) is 10.9. The standard InChI is InChI=1S/C7H12O2/c1-6(8)7(2)3-4-9-5-7/h3-5H2,1-2H3. The molecule has 9 heavy (non-hydrogen) atoms. The van der Waals surface area contributed by atoms with E-state index in [-0.39, 0.29) is 11.2 Å². The second-order valence-corrected chi connectivity index (χ2v) is 2.92. The minimum absolute atomic E-state index is 0.167. The topological polar surface area (TPSA) is 26.3 Å². The number of ether oxygens (including phenoxy) is 1. The van der Waals surface area contributed by atoms with Gasteiger partial charge in [0.2, 0.25) is 0 Å². The average Bonchev–Trinajstić information content (AvgIpc) is 2.16. The number of carbonyl (C=O) groups is 1. The molecule has 1 aliphatic heterocycles. The fourth-order valence-corrected chi connectivity index (χ4v) is 0.945. The van der Waals surface area contributed by atoms with E-state index in [0.717, 1.165) is 13.0 Å². The second-order valence-electron chi connectivity index (χ2n) is 2.92. The third kappa shape index (κ3) is 1.13. The van der Waals surface area contributed by atoms with Gasteiger partial charge in [0.05, 0.1) is 12.0 Å². The van der Waals surface area contributed by atoms with E-state index >= 15 is 0 Å². The number of ketones is 1. The third-order valence-corrected chi connectivity index (χ3v) is 2.07. The van der Waals surface area contributed by atoms with Crippen LogP contribution in [0.25, 0.3) is 0 Å². The maximum absolute atomic E-state index is 10.9. The van der Waals surface area contributed by atoms with Crippen LogP contribution in [-0.2, 0) is 9.53 Å². The van der Waals surface area contributed by atoms with E-state index in [1.54, 1.807) is 6.92 Å². The number of Topliss-reactive ketones (excluding diaryl/α,β-unsaturated/α-hetero) is 1. The summed E-state index contributed by atoms with van der Waals surface area (Å²) in [6.45, 7) is 4.95. The van der Waals surface area contributed by atoms with Gasteiger partial charge in [0.1, 0.15) is 5.78 Å². The van der Waals surface area contributed by atoms with Crippen LogP contribution >= 0.6 is 0 Å². The highest BCUT2D eigenvalue weighted by Gasteiger charge is 2.33. The molecule has 52 valence electrons. The van der Waals surface area contributed by atoms with Crippen molar-refractivity contribution in [3.05, 3.63) is 0 Å². The summed E-state index contributed by atoms with van der Waals surface area (Å²) in [7, 11) is 0. The molecule has 2 nitrogen and oxygen atoms in total. The fourth-order valence-electron chi connectivity index (χ4n) is 0.945. The van der Waals surface area contributed by atoms with Crippen molar-refractivity contribution in [1.82, 2.24) is 0 Å². The molecule has 0 saturated carbocycles. The SMILES string of the molecule is CC(=O)C1(C)CCOC1. The van der Waals surface area contributed by atoms with Crippen LogP contribution in [0.3, 0.4) is 0 Å². The summed E-state index contributed by atoms with van der Waals surface area (Å²) in [5.74, 6) is 0.250. The molecule has 1 atom stereocenters. The van der Waals surface area contributed by atoms with E-state index < -0.39 is 0 Å². The first-order valence-corrected chi connectivity index (χ1v) is 3.24. The van der Waals surface area contributed by atoms with Crippen molar-refractivity contribution in [3.8, 4) is 0 Å². The van der Waals surface area contributed by atoms with Crippen molar-refractivity contribution in [2.45, 2.75) is 20.3 Å². The van der Waals surface area contributed by atoms with Gasteiger partial charge in [0.15, 0.2) is 0 Å². The minimum atomic E-state index is -0.167. The average molecular weight is 128 g/mol. The van der Waals surface area contributed by atoms with Crippen LogP contribution in [0.1, 0.15) is 20.3 Å². The Kier molecular flexibility index (Phi) is 1.58. The lowest BCUT2D eigenvalue weighted by atomic mass is 9.86. The summed E-state index contributed by atoms with van der Waals surface area (Å²) in [6, 6.07) is 0. The van der Waals surface area contributed by atoms with E-state index in [4.69, 9.17) is 4.74 Å². The lowest BCUT2D eigenvalue weighted by Crippen LogP contribution is -2.25. The molecule has 0 radical (unpaired) electrons. The predicted octanol–water partition coefficient (Wildman–Crippen LogP) is 1.00. The molecule has 1 saturated heterocycles. The van der Waals surface area contributed by atoms with Crippen molar-refractivity contribution in [1.29, 1.82) is 0 Å². The first-order chi connectivity index (χ1) is 4.15. The molecular formula is C7H12O2. The monoisotopic (exact) mass is 128 g/mol. The van der Waals surface area contributed by atoms with Gasteiger partial charge in [-0.05, 0) is 13.3 Å². The Hall–Kier alpha value is -0.370. The van der Waals surface area contributed by atoms with Crippen LogP contribution in [0, 0.1) is 5.41 Å². The molecule has 2 heteroatoms. The highest BCUT2D eigenvalue weighted by molar-refractivity contribution is 5.82. The van der Waals surface area contributed by atoms with Crippen molar-refractivity contribution in [2.75, 3.05) is 13.2 Å². The Labute approximate surface area is 55.2 Å². The number of hydrogen-bond acceptors (Lipinski definition) is 2. The van der Waals surface area contributed by atoms with E-state index in [0.29, 0.717) is 6.61 Å². The summed E-state index contributed by atoms with van der Waals surface area (Å²) >= 11 is 0. The summed E-state index contributed by atoms with van der Waals surface area (Å²) in [5.41, 5.74) is -0.167. The minimum Gasteiger partial charge on any atom is -0.380 e. The molecule has 0 aromatic heterocycles. The van der Waals surface area contributed by atoms with Crippen LogP contribution in [0.15, 0.2) is 0 Å². The Bertz CT molecular complexity index is 123. The zero-order valence-electron chi connectivity index (χ0n) is 5.94. The lowest BCUT2D eigenvalue weighted by Gasteiger charge is -2.15. The van der Waals surface area contributed by atoms with Crippen LogP contribution in [-0.4, -0.2) is 19.0 Å². The molecule has 0 spiro atoms. The van der Waals surface area contributed by atoms with E-state index in [1.165, 1.54) is 0 Å². The number of rotatable bonds is 1. The molecule has 0 bridgehead atoms. The molecule has 0 N–H and O–H groups in total. The van der Waals surface area contributed by atoms with Gasteiger partial charge in [-0.15, -0.1) is 0 Å². The van der Waals surface area contributed by atoms with Crippen LogP contribution in [0.2, 0.25) is 0 Å². The maximum Gasteiger partial charge on any atom is 0.138 e.